The van der Waals surface area contributed by atoms with Gasteiger partial charge in [-0.2, -0.15) is 26.0 Å². The number of aliphatic hydroxyl groups excluding tert-OH is 5. The molecule has 0 saturated carbocycles. The number of aliphatic hydroxyl groups is 5. The van der Waals surface area contributed by atoms with Crippen LogP contribution in [0.1, 0.15) is 20.7 Å². The smallest absolute Gasteiger partial charge is 0.397 e. The molecule has 0 radical (unpaired) electrons. The van der Waals surface area contributed by atoms with Crippen LogP contribution < -0.4 is 20.1 Å². The van der Waals surface area contributed by atoms with E-state index in [0.717, 1.165) is 0 Å². The minimum Gasteiger partial charge on any atom is -0.491 e. The van der Waals surface area contributed by atoms with Gasteiger partial charge in [-0.15, -0.1) is 0 Å². The van der Waals surface area contributed by atoms with Crippen LogP contribution in [0.25, 0.3) is 0 Å². The maximum Gasteiger partial charge on any atom is 0.397 e. The SMILES string of the molecule is COc1c(F)c(F)c(C(=O)N[C@H]2[C@@H](O)[C@@H](CO)O[C@@H](S[C@@H]3O[C@H](CO)[C@H](O)[C@H](NC(=O)c4c(F)c(F)c(OC)c(F)c4F)[C@H]3OS(=O)(=O)O)[C@@H]2O)c(F)c1F. The number of ether oxygens (including phenoxy) is 4. The molecule has 0 aromatic heterocycles. The van der Waals surface area contributed by atoms with Crippen LogP contribution in [0.15, 0.2) is 0 Å². The standard InChI is InChI=1S/C28H28F8N2O15S2/c1-49-22-13(33)9(29)7(10(30)14(22)34)25(44)37-17-19(41)5(3-39)51-27(21(17)43)54-28-24(53-55(46,47)48)18(20(42)6(4-40)52-28)38-26(45)8-11(31)15(35)23(50-2)16(36)12(8)32/h5-6,17-21,24,27-28,39-43H,3-4H2,1-2H3,(H,37,44)(H,38,45)(H,46,47,48)/t5-,6-,17+,18+,19+,20+,21-,24-,27+,28+/m1/s1. The van der Waals surface area contributed by atoms with E-state index in [-0.39, 0.29) is 11.8 Å². The van der Waals surface area contributed by atoms with E-state index < -0.39 is 164 Å². The predicted molar refractivity (Wildman–Crippen MR) is 162 cm³/mol. The molecule has 0 aliphatic carbocycles. The fourth-order valence-corrected chi connectivity index (χ4v) is 7.49. The monoisotopic (exact) mass is 848 g/mol. The molecule has 0 unspecified atom stereocenters. The molecule has 2 aliphatic rings. The van der Waals surface area contributed by atoms with Crippen LogP contribution in [-0.4, -0.2) is 137 Å². The number of carbonyl (C=O) groups excluding carboxylic acids is 2. The molecular formula is C28H28F8N2O15S2. The van der Waals surface area contributed by atoms with Crippen molar-refractivity contribution in [2.75, 3.05) is 27.4 Å². The predicted octanol–water partition coefficient (Wildman–Crippen LogP) is -0.848. The van der Waals surface area contributed by atoms with Gasteiger partial charge >= 0.3 is 10.4 Å². The van der Waals surface area contributed by atoms with Gasteiger partial charge in [0.2, 0.25) is 23.3 Å². The van der Waals surface area contributed by atoms with E-state index in [1.54, 1.807) is 10.6 Å². The number of halogens is 8. The topological polar surface area (TPSA) is 260 Å². The molecule has 2 aliphatic heterocycles. The number of nitrogens with one attached hydrogen (secondary N) is 2. The molecule has 17 nitrogen and oxygen atoms in total. The van der Waals surface area contributed by atoms with E-state index in [1.807, 2.05) is 0 Å². The summed E-state index contributed by atoms with van der Waals surface area (Å²) in [6.45, 7) is -2.40. The van der Waals surface area contributed by atoms with Gasteiger partial charge in [0.15, 0.2) is 34.8 Å². The van der Waals surface area contributed by atoms with Crippen molar-refractivity contribution in [1.29, 1.82) is 0 Å². The van der Waals surface area contributed by atoms with E-state index in [4.69, 9.17) is 9.47 Å². The zero-order valence-electron chi connectivity index (χ0n) is 27.4. The molecule has 8 N–H and O–H groups in total. The Hall–Kier alpha value is -3.64. The Morgan fingerprint density at radius 3 is 1.38 bits per heavy atom. The van der Waals surface area contributed by atoms with Gasteiger partial charge in [0.25, 0.3) is 11.8 Å². The van der Waals surface area contributed by atoms with E-state index in [9.17, 15) is 83.2 Å². The van der Waals surface area contributed by atoms with Crippen molar-refractivity contribution in [3.05, 3.63) is 57.7 Å². The Kier molecular flexibility index (Phi) is 13.8. The summed E-state index contributed by atoms with van der Waals surface area (Å²) in [5.41, 5.74) is -8.14. The first kappa shape index (κ1) is 44.1. The summed E-state index contributed by atoms with van der Waals surface area (Å²) in [6.07, 6.45) is -13.3. The lowest BCUT2D eigenvalue weighted by Gasteiger charge is -2.47. The van der Waals surface area contributed by atoms with Crippen LogP contribution in [0, 0.1) is 46.5 Å². The Balaban J connectivity index is 1.71. The zero-order valence-corrected chi connectivity index (χ0v) is 29.0. The maximum absolute atomic E-state index is 14.8. The number of thioether (sulfide) groups is 1. The third kappa shape index (κ3) is 8.55. The van der Waals surface area contributed by atoms with Crippen LogP contribution >= 0.6 is 11.8 Å². The van der Waals surface area contributed by atoms with Gasteiger partial charge in [-0.1, -0.05) is 11.8 Å². The average molecular weight is 849 g/mol. The number of hydrogen-bond donors (Lipinski definition) is 8. The lowest BCUT2D eigenvalue weighted by atomic mass is 9.96. The first-order valence-electron chi connectivity index (χ1n) is 14.9. The van der Waals surface area contributed by atoms with Crippen molar-refractivity contribution in [2.24, 2.45) is 0 Å². The Bertz CT molecular complexity index is 1860. The molecule has 10 atom stereocenters. The summed E-state index contributed by atoms with van der Waals surface area (Å²) in [7, 11) is -4.45. The lowest BCUT2D eigenvalue weighted by Crippen LogP contribution is -2.67. The van der Waals surface area contributed by atoms with Gasteiger partial charge < -0.3 is 55.1 Å². The lowest BCUT2D eigenvalue weighted by molar-refractivity contribution is -0.172. The summed E-state index contributed by atoms with van der Waals surface area (Å²) in [5, 5.41) is 55.7. The van der Waals surface area contributed by atoms with E-state index in [0.29, 0.717) is 14.2 Å². The summed E-state index contributed by atoms with van der Waals surface area (Å²) in [6, 6.07) is -4.60. The molecule has 4 rings (SSSR count). The summed E-state index contributed by atoms with van der Waals surface area (Å²) >= 11 is 0.0149. The Morgan fingerprint density at radius 2 is 1.02 bits per heavy atom. The quantitative estimate of drug-likeness (QED) is 0.0736. The van der Waals surface area contributed by atoms with Gasteiger partial charge in [0.05, 0.1) is 39.5 Å². The highest BCUT2D eigenvalue weighted by Gasteiger charge is 2.53. The zero-order chi connectivity index (χ0) is 41.4. The molecule has 2 heterocycles. The van der Waals surface area contributed by atoms with Gasteiger partial charge in [-0.05, 0) is 0 Å². The van der Waals surface area contributed by atoms with Crippen LogP contribution in [-0.2, 0) is 24.1 Å². The normalized spacial score (nSPS) is 28.4. The molecule has 308 valence electrons. The minimum atomic E-state index is -5.72. The Labute approximate surface area is 307 Å². The minimum absolute atomic E-state index is 0.0149. The van der Waals surface area contributed by atoms with Crippen LogP contribution in [0.5, 0.6) is 11.5 Å². The second-order valence-corrected chi connectivity index (χ2v) is 13.6. The fourth-order valence-electron chi connectivity index (χ4n) is 5.53. The van der Waals surface area contributed by atoms with Crippen molar-refractivity contribution < 1.29 is 106 Å². The third-order valence-corrected chi connectivity index (χ3v) is 9.92. The summed E-state index contributed by atoms with van der Waals surface area (Å²) in [5.74, 6) is -25.2. The van der Waals surface area contributed by atoms with E-state index >= 15 is 0 Å². The number of rotatable bonds is 12. The first-order valence-corrected chi connectivity index (χ1v) is 17.3. The molecule has 2 aromatic carbocycles. The fraction of sp³-hybridized carbons (Fsp3) is 0.500. The van der Waals surface area contributed by atoms with Crippen molar-refractivity contribution in [2.45, 2.75) is 59.6 Å². The van der Waals surface area contributed by atoms with Crippen LogP contribution in [0.2, 0.25) is 0 Å². The highest BCUT2D eigenvalue weighted by molar-refractivity contribution is 8.00. The Morgan fingerprint density at radius 1 is 0.655 bits per heavy atom. The largest absolute Gasteiger partial charge is 0.491 e. The molecule has 55 heavy (non-hydrogen) atoms. The van der Waals surface area contributed by atoms with Crippen molar-refractivity contribution in [3.8, 4) is 11.5 Å². The van der Waals surface area contributed by atoms with Crippen LogP contribution in [0.3, 0.4) is 0 Å². The molecule has 2 aromatic rings. The molecule has 0 spiro atoms. The number of amides is 2. The highest BCUT2D eigenvalue weighted by Crippen LogP contribution is 2.39. The van der Waals surface area contributed by atoms with Crippen molar-refractivity contribution in [3.63, 3.8) is 0 Å². The molecular weight excluding hydrogens is 820 g/mol. The van der Waals surface area contributed by atoms with E-state index in [1.165, 1.54) is 0 Å². The average Bonchev–Trinajstić information content (AvgIpc) is 3.12. The van der Waals surface area contributed by atoms with Gasteiger partial charge in [0, 0.05) is 0 Å². The molecule has 2 amide bonds. The second kappa shape index (κ2) is 17.2. The maximum atomic E-state index is 14.8. The number of benzene rings is 2. The van der Waals surface area contributed by atoms with Crippen molar-refractivity contribution in [1.82, 2.24) is 10.6 Å². The van der Waals surface area contributed by atoms with Gasteiger partial charge in [-0.25, -0.2) is 21.7 Å². The van der Waals surface area contributed by atoms with Gasteiger partial charge in [0.1, 0.15) is 58.6 Å². The number of carbonyl (C=O) groups is 2. The second-order valence-electron chi connectivity index (χ2n) is 11.4. The molecule has 2 fully saturated rings. The first-order chi connectivity index (χ1) is 25.6. The number of hydrogen-bond acceptors (Lipinski definition) is 15. The summed E-state index contributed by atoms with van der Waals surface area (Å²) in [4.78, 5) is 26.0. The van der Waals surface area contributed by atoms with E-state index in [2.05, 4.69) is 13.7 Å². The van der Waals surface area contributed by atoms with Crippen LogP contribution in [0.4, 0.5) is 35.1 Å². The van der Waals surface area contributed by atoms with Crippen molar-refractivity contribution >= 4 is 34.0 Å². The number of methoxy groups -OCH3 is 2. The highest BCUT2D eigenvalue weighted by atomic mass is 32.3. The molecule has 27 heteroatoms. The third-order valence-electron chi connectivity index (χ3n) is 8.15. The molecule has 2 saturated heterocycles. The molecule has 0 bridgehead atoms. The summed E-state index contributed by atoms with van der Waals surface area (Å²) < 4.78 is 173. The van der Waals surface area contributed by atoms with Gasteiger partial charge in [-0.3, -0.25) is 14.1 Å².